The van der Waals surface area contributed by atoms with Crippen LogP contribution in [0.25, 0.3) is 10.9 Å². The molecule has 0 spiro atoms. The first-order valence-electron chi connectivity index (χ1n) is 12.1. The maximum Gasteiger partial charge on any atom is 0.270 e. The summed E-state index contributed by atoms with van der Waals surface area (Å²) in [5.41, 5.74) is 1.57. The van der Waals surface area contributed by atoms with Crippen LogP contribution in [0.1, 0.15) is 12.8 Å². The van der Waals surface area contributed by atoms with Crippen molar-refractivity contribution in [2.45, 2.75) is 17.7 Å². The van der Waals surface area contributed by atoms with E-state index in [9.17, 15) is 23.3 Å². The normalized spacial score (nSPS) is 19.2. The summed E-state index contributed by atoms with van der Waals surface area (Å²) >= 11 is 6.11. The van der Waals surface area contributed by atoms with Gasteiger partial charge in [0, 0.05) is 73.7 Å². The van der Waals surface area contributed by atoms with E-state index in [-0.39, 0.29) is 29.6 Å². The summed E-state index contributed by atoms with van der Waals surface area (Å²) < 4.78 is 27.7. The van der Waals surface area contributed by atoms with E-state index in [1.54, 1.807) is 6.20 Å². The van der Waals surface area contributed by atoms with Crippen molar-refractivity contribution in [3.05, 3.63) is 69.9 Å². The number of amides is 1. The average molecular weight is 544 g/mol. The molecule has 0 N–H and O–H groups in total. The number of piperidine rings is 1. The Morgan fingerprint density at radius 1 is 1.05 bits per heavy atom. The Morgan fingerprint density at radius 2 is 1.84 bits per heavy atom. The number of rotatable bonds is 5. The molecule has 194 valence electrons. The third-order valence-electron chi connectivity index (χ3n) is 7.01. The summed E-state index contributed by atoms with van der Waals surface area (Å²) in [4.78, 5) is 32.2. The summed E-state index contributed by atoms with van der Waals surface area (Å²) in [6, 6.07) is 12.6. The van der Waals surface area contributed by atoms with E-state index < -0.39 is 20.9 Å². The number of aromatic nitrogens is 1. The zero-order chi connectivity index (χ0) is 26.2. The number of hydrogen-bond donors (Lipinski definition) is 0. The second kappa shape index (κ2) is 10.2. The van der Waals surface area contributed by atoms with Crippen LogP contribution in [-0.2, 0) is 14.8 Å². The summed E-state index contributed by atoms with van der Waals surface area (Å²) in [5.74, 6) is -0.498. The third kappa shape index (κ3) is 5.11. The molecule has 1 atom stereocenters. The summed E-state index contributed by atoms with van der Waals surface area (Å²) in [6.07, 6.45) is 2.91. The number of halogens is 1. The molecule has 1 unspecified atom stereocenters. The molecule has 1 amide bonds. The minimum absolute atomic E-state index is 0.0510. The maximum atomic E-state index is 13.4. The standard InChI is InChI=1S/C25H26ClN5O5S/c26-19-6-7-22-23(15-19)27-9-8-24(22)28-11-13-29(14-12-28)25(32)18-3-2-10-30(17-18)37(35,36)21-5-1-4-20(16-21)31(33)34/h1,4-9,15-16,18H,2-3,10-14,17H2. The molecular weight excluding hydrogens is 518 g/mol. The van der Waals surface area contributed by atoms with Crippen LogP contribution >= 0.6 is 11.6 Å². The SMILES string of the molecule is O=C(C1CCCN(S(=O)(=O)c2cccc([N+](=O)[O-])c2)C1)N1CCN(c2ccnc3cc(Cl)ccc23)CC1. The van der Waals surface area contributed by atoms with Crippen molar-refractivity contribution in [2.75, 3.05) is 44.2 Å². The van der Waals surface area contributed by atoms with Crippen molar-refractivity contribution in [1.29, 1.82) is 0 Å². The van der Waals surface area contributed by atoms with Gasteiger partial charge in [0.1, 0.15) is 0 Å². The third-order valence-corrected chi connectivity index (χ3v) is 9.11. The van der Waals surface area contributed by atoms with Crippen LogP contribution in [0.15, 0.2) is 59.6 Å². The van der Waals surface area contributed by atoms with E-state index in [4.69, 9.17) is 11.6 Å². The second-order valence-electron chi connectivity index (χ2n) is 9.26. The minimum atomic E-state index is -3.95. The molecule has 10 nitrogen and oxygen atoms in total. The first-order chi connectivity index (χ1) is 17.7. The van der Waals surface area contributed by atoms with Gasteiger partial charge in [-0.25, -0.2) is 8.42 Å². The van der Waals surface area contributed by atoms with Crippen LogP contribution in [0.3, 0.4) is 0 Å². The highest BCUT2D eigenvalue weighted by molar-refractivity contribution is 7.89. The van der Waals surface area contributed by atoms with Crippen LogP contribution in [0.5, 0.6) is 0 Å². The van der Waals surface area contributed by atoms with E-state index in [1.165, 1.54) is 22.5 Å². The largest absolute Gasteiger partial charge is 0.367 e. The molecular formula is C25H26ClN5O5S. The van der Waals surface area contributed by atoms with Crippen LogP contribution < -0.4 is 4.90 Å². The van der Waals surface area contributed by atoms with Crippen molar-refractivity contribution in [1.82, 2.24) is 14.2 Å². The van der Waals surface area contributed by atoms with Gasteiger partial charge in [0.15, 0.2) is 0 Å². The molecule has 12 heteroatoms. The predicted molar refractivity (Wildman–Crippen MR) is 140 cm³/mol. The van der Waals surface area contributed by atoms with Gasteiger partial charge in [-0.1, -0.05) is 17.7 Å². The highest BCUT2D eigenvalue weighted by Gasteiger charge is 2.36. The van der Waals surface area contributed by atoms with Crippen LogP contribution in [0, 0.1) is 16.0 Å². The van der Waals surface area contributed by atoms with E-state index in [1.807, 2.05) is 29.2 Å². The second-order valence-corrected chi connectivity index (χ2v) is 11.6. The van der Waals surface area contributed by atoms with Crippen molar-refractivity contribution in [2.24, 2.45) is 5.92 Å². The number of sulfonamides is 1. The number of pyridine rings is 1. The van der Waals surface area contributed by atoms with Crippen LogP contribution in [0.2, 0.25) is 5.02 Å². The molecule has 37 heavy (non-hydrogen) atoms. The molecule has 2 saturated heterocycles. The molecule has 3 heterocycles. The number of anilines is 1. The van der Waals surface area contributed by atoms with Gasteiger partial charge in [0.25, 0.3) is 5.69 Å². The number of nitro groups is 1. The number of benzene rings is 2. The Morgan fingerprint density at radius 3 is 2.59 bits per heavy atom. The molecule has 0 radical (unpaired) electrons. The Labute approximate surface area is 219 Å². The lowest BCUT2D eigenvalue weighted by atomic mass is 9.97. The number of hydrogen-bond acceptors (Lipinski definition) is 7. The number of carbonyl (C=O) groups excluding carboxylic acids is 1. The molecule has 3 aromatic rings. The number of non-ortho nitro benzene ring substituents is 1. The lowest BCUT2D eigenvalue weighted by molar-refractivity contribution is -0.385. The number of nitrogens with zero attached hydrogens (tertiary/aromatic N) is 5. The highest BCUT2D eigenvalue weighted by atomic mass is 35.5. The van der Waals surface area contributed by atoms with Gasteiger partial charge >= 0.3 is 0 Å². The zero-order valence-corrected chi connectivity index (χ0v) is 21.6. The van der Waals surface area contributed by atoms with Gasteiger partial charge in [-0.05, 0) is 43.2 Å². The molecule has 5 rings (SSSR count). The van der Waals surface area contributed by atoms with Crippen LogP contribution in [-0.4, -0.2) is 72.7 Å². The molecule has 2 aliphatic rings. The molecule has 1 aromatic heterocycles. The average Bonchev–Trinajstić information content (AvgIpc) is 2.92. The van der Waals surface area contributed by atoms with E-state index >= 15 is 0 Å². The van der Waals surface area contributed by atoms with Crippen molar-refractivity contribution in [3.8, 4) is 0 Å². The fraction of sp³-hybridized carbons (Fsp3) is 0.360. The van der Waals surface area contributed by atoms with E-state index in [0.717, 1.165) is 22.7 Å². The molecule has 0 bridgehead atoms. The molecule has 0 aliphatic carbocycles. The van der Waals surface area contributed by atoms with Crippen molar-refractivity contribution in [3.63, 3.8) is 0 Å². The predicted octanol–water partition coefficient (Wildman–Crippen LogP) is 3.55. The Hall–Kier alpha value is -3.28. The summed E-state index contributed by atoms with van der Waals surface area (Å²) in [5, 5.41) is 12.7. The van der Waals surface area contributed by atoms with Crippen molar-refractivity contribution >= 4 is 49.8 Å². The maximum absolute atomic E-state index is 13.4. The number of nitro benzene ring substituents is 1. The summed E-state index contributed by atoms with van der Waals surface area (Å²) in [6.45, 7) is 2.71. The van der Waals surface area contributed by atoms with Gasteiger partial charge in [-0.2, -0.15) is 4.31 Å². The topological polar surface area (TPSA) is 117 Å². The fourth-order valence-corrected chi connectivity index (χ4v) is 6.81. The van der Waals surface area contributed by atoms with Gasteiger partial charge in [-0.3, -0.25) is 19.9 Å². The minimum Gasteiger partial charge on any atom is -0.367 e. The number of fused-ring (bicyclic) bond motifs is 1. The van der Waals surface area contributed by atoms with E-state index in [0.29, 0.717) is 44.0 Å². The Kier molecular flexibility index (Phi) is 7.02. The monoisotopic (exact) mass is 543 g/mol. The molecule has 2 fully saturated rings. The lowest BCUT2D eigenvalue weighted by Gasteiger charge is -2.39. The number of piperazine rings is 1. The molecule has 2 aromatic carbocycles. The summed E-state index contributed by atoms with van der Waals surface area (Å²) in [7, 11) is -3.95. The molecule has 2 aliphatic heterocycles. The quantitative estimate of drug-likeness (QED) is 0.357. The first kappa shape index (κ1) is 25.4. The fourth-order valence-electron chi connectivity index (χ4n) is 5.08. The van der Waals surface area contributed by atoms with E-state index in [2.05, 4.69) is 9.88 Å². The zero-order valence-electron chi connectivity index (χ0n) is 20.0. The van der Waals surface area contributed by atoms with Gasteiger partial charge in [0.2, 0.25) is 15.9 Å². The van der Waals surface area contributed by atoms with Gasteiger partial charge in [-0.15, -0.1) is 0 Å². The Balaban J connectivity index is 1.25. The van der Waals surface area contributed by atoms with Gasteiger partial charge in [0.05, 0.1) is 21.3 Å². The Bertz CT molecular complexity index is 1460. The lowest BCUT2D eigenvalue weighted by Crippen LogP contribution is -2.53. The van der Waals surface area contributed by atoms with Crippen LogP contribution in [0.4, 0.5) is 11.4 Å². The van der Waals surface area contributed by atoms with Crippen molar-refractivity contribution < 1.29 is 18.1 Å². The highest BCUT2D eigenvalue weighted by Crippen LogP contribution is 2.30. The first-order valence-corrected chi connectivity index (χ1v) is 13.9. The number of carbonyl (C=O) groups is 1. The van der Waals surface area contributed by atoms with Gasteiger partial charge < -0.3 is 9.80 Å². The molecule has 0 saturated carbocycles. The smallest absolute Gasteiger partial charge is 0.270 e.